The molecule has 0 saturated heterocycles. The third-order valence-corrected chi connectivity index (χ3v) is 3.41. The predicted octanol–water partition coefficient (Wildman–Crippen LogP) is 2.71. The molecular weight excluding hydrogens is 200 g/mol. The second kappa shape index (κ2) is 5.73. The van der Waals surface area contributed by atoms with E-state index in [-0.39, 0.29) is 5.91 Å². The van der Waals surface area contributed by atoms with Crippen LogP contribution in [0.4, 0.5) is 0 Å². The van der Waals surface area contributed by atoms with Crippen LogP contribution < -0.4 is 5.32 Å². The first-order valence-electron chi connectivity index (χ1n) is 6.28. The lowest BCUT2D eigenvalue weighted by Crippen LogP contribution is -2.26. The first-order chi connectivity index (χ1) is 7.86. The Labute approximate surface area is 96.6 Å². The number of nitrogens with one attached hydrogen (secondary N) is 2. The molecule has 1 heterocycles. The van der Waals surface area contributed by atoms with Crippen molar-refractivity contribution in [1.29, 1.82) is 0 Å². The Morgan fingerprint density at radius 3 is 2.88 bits per heavy atom. The van der Waals surface area contributed by atoms with Crippen LogP contribution in [0.2, 0.25) is 0 Å². The number of rotatable bonds is 4. The van der Waals surface area contributed by atoms with Gasteiger partial charge in [-0.3, -0.25) is 4.79 Å². The zero-order chi connectivity index (χ0) is 11.2. The van der Waals surface area contributed by atoms with Crippen molar-refractivity contribution in [3.63, 3.8) is 0 Å². The monoisotopic (exact) mass is 220 g/mol. The highest BCUT2D eigenvalue weighted by atomic mass is 16.1. The lowest BCUT2D eigenvalue weighted by molar-refractivity contribution is 0.0946. The van der Waals surface area contributed by atoms with Gasteiger partial charge < -0.3 is 10.3 Å². The number of carbonyl (C=O) groups excluding carboxylic acids is 1. The van der Waals surface area contributed by atoms with Gasteiger partial charge in [0.25, 0.3) is 5.91 Å². The van der Waals surface area contributed by atoms with E-state index in [1.165, 1.54) is 32.1 Å². The van der Waals surface area contributed by atoms with E-state index in [4.69, 9.17) is 0 Å². The maximum atomic E-state index is 11.6. The Morgan fingerprint density at radius 1 is 1.38 bits per heavy atom. The summed E-state index contributed by atoms with van der Waals surface area (Å²) in [5, 5.41) is 2.96. The van der Waals surface area contributed by atoms with Crippen molar-refractivity contribution < 1.29 is 4.79 Å². The summed E-state index contributed by atoms with van der Waals surface area (Å²) in [6.07, 6.45) is 9.73. The van der Waals surface area contributed by atoms with E-state index in [1.54, 1.807) is 12.3 Å². The molecule has 3 nitrogen and oxygen atoms in total. The number of carbonyl (C=O) groups is 1. The van der Waals surface area contributed by atoms with Gasteiger partial charge in [-0.1, -0.05) is 32.1 Å². The maximum Gasteiger partial charge on any atom is 0.267 e. The molecule has 1 aromatic heterocycles. The van der Waals surface area contributed by atoms with Crippen LogP contribution in [0.15, 0.2) is 18.3 Å². The van der Waals surface area contributed by atoms with Crippen LogP contribution in [0.3, 0.4) is 0 Å². The van der Waals surface area contributed by atoms with Crippen LogP contribution >= 0.6 is 0 Å². The number of hydrogen-bond donors (Lipinski definition) is 2. The third kappa shape index (κ3) is 3.12. The molecule has 0 bridgehead atoms. The molecule has 16 heavy (non-hydrogen) atoms. The smallest absolute Gasteiger partial charge is 0.267 e. The molecule has 0 spiro atoms. The molecule has 1 aliphatic carbocycles. The zero-order valence-electron chi connectivity index (χ0n) is 9.67. The highest BCUT2D eigenvalue weighted by molar-refractivity contribution is 5.92. The van der Waals surface area contributed by atoms with Gasteiger partial charge in [-0.15, -0.1) is 0 Å². The van der Waals surface area contributed by atoms with Crippen LogP contribution in [-0.2, 0) is 0 Å². The zero-order valence-corrected chi connectivity index (χ0v) is 9.67. The Kier molecular flexibility index (Phi) is 4.03. The van der Waals surface area contributed by atoms with Crippen LogP contribution in [0.25, 0.3) is 0 Å². The van der Waals surface area contributed by atoms with Gasteiger partial charge in [-0.05, 0) is 24.5 Å². The summed E-state index contributed by atoms with van der Waals surface area (Å²) in [6.45, 7) is 0.808. The molecule has 1 saturated carbocycles. The molecule has 0 aliphatic heterocycles. The van der Waals surface area contributed by atoms with Crippen LogP contribution in [0.5, 0.6) is 0 Å². The second-order valence-electron chi connectivity index (χ2n) is 4.63. The van der Waals surface area contributed by atoms with E-state index in [0.717, 1.165) is 18.9 Å². The quantitative estimate of drug-likeness (QED) is 0.805. The molecule has 88 valence electrons. The molecule has 2 rings (SSSR count). The van der Waals surface area contributed by atoms with Crippen molar-refractivity contribution in [2.45, 2.75) is 38.5 Å². The van der Waals surface area contributed by atoms with E-state index in [0.29, 0.717) is 5.69 Å². The molecule has 3 heteroatoms. The number of hydrogen-bond acceptors (Lipinski definition) is 1. The molecule has 0 aromatic carbocycles. The Bertz CT molecular complexity index is 313. The van der Waals surface area contributed by atoms with E-state index < -0.39 is 0 Å². The summed E-state index contributed by atoms with van der Waals surface area (Å²) in [5.74, 6) is 0.846. The average molecular weight is 220 g/mol. The van der Waals surface area contributed by atoms with Crippen molar-refractivity contribution in [3.8, 4) is 0 Å². The summed E-state index contributed by atoms with van der Waals surface area (Å²) >= 11 is 0. The van der Waals surface area contributed by atoms with Crippen molar-refractivity contribution in [3.05, 3.63) is 24.0 Å². The fourth-order valence-electron chi connectivity index (χ4n) is 2.43. The molecule has 0 atom stereocenters. The van der Waals surface area contributed by atoms with Crippen LogP contribution in [0.1, 0.15) is 49.0 Å². The number of aromatic nitrogens is 1. The molecular formula is C13H20N2O. The lowest BCUT2D eigenvalue weighted by Gasteiger charge is -2.21. The molecule has 2 N–H and O–H groups in total. The van der Waals surface area contributed by atoms with Gasteiger partial charge in [0.05, 0.1) is 0 Å². The van der Waals surface area contributed by atoms with Gasteiger partial charge in [0.2, 0.25) is 0 Å². The van der Waals surface area contributed by atoms with E-state index in [2.05, 4.69) is 10.3 Å². The van der Waals surface area contributed by atoms with Crippen LogP contribution in [-0.4, -0.2) is 17.4 Å². The summed E-state index contributed by atoms with van der Waals surface area (Å²) in [7, 11) is 0. The molecule has 1 aliphatic rings. The maximum absolute atomic E-state index is 11.6. The second-order valence-corrected chi connectivity index (χ2v) is 4.63. The first-order valence-corrected chi connectivity index (χ1v) is 6.28. The fraction of sp³-hybridized carbons (Fsp3) is 0.615. The number of amides is 1. The van der Waals surface area contributed by atoms with Gasteiger partial charge in [-0.2, -0.15) is 0 Å². The predicted molar refractivity (Wildman–Crippen MR) is 64.3 cm³/mol. The third-order valence-electron chi connectivity index (χ3n) is 3.41. The highest BCUT2D eigenvalue weighted by Gasteiger charge is 2.13. The minimum atomic E-state index is 0.0146. The molecule has 1 fully saturated rings. The number of aromatic amines is 1. The van der Waals surface area contributed by atoms with Crippen molar-refractivity contribution in [1.82, 2.24) is 10.3 Å². The van der Waals surface area contributed by atoms with Gasteiger partial charge in [0.1, 0.15) is 5.69 Å². The lowest BCUT2D eigenvalue weighted by atomic mass is 9.87. The Hall–Kier alpha value is -1.25. The summed E-state index contributed by atoms with van der Waals surface area (Å²) in [5.41, 5.74) is 0.656. The first kappa shape index (κ1) is 11.2. The van der Waals surface area contributed by atoms with E-state index in [1.807, 2.05) is 6.07 Å². The van der Waals surface area contributed by atoms with Gasteiger partial charge in [-0.25, -0.2) is 0 Å². The average Bonchev–Trinajstić information content (AvgIpc) is 2.84. The highest BCUT2D eigenvalue weighted by Crippen LogP contribution is 2.25. The Morgan fingerprint density at radius 2 is 2.19 bits per heavy atom. The van der Waals surface area contributed by atoms with Crippen LogP contribution in [0, 0.1) is 5.92 Å². The largest absolute Gasteiger partial charge is 0.357 e. The topological polar surface area (TPSA) is 44.9 Å². The molecule has 1 amide bonds. The summed E-state index contributed by atoms with van der Waals surface area (Å²) < 4.78 is 0. The Balaban J connectivity index is 1.66. The van der Waals surface area contributed by atoms with Gasteiger partial charge >= 0.3 is 0 Å². The van der Waals surface area contributed by atoms with Gasteiger partial charge in [0.15, 0.2) is 0 Å². The van der Waals surface area contributed by atoms with Crippen molar-refractivity contribution in [2.24, 2.45) is 5.92 Å². The number of H-pyrrole nitrogens is 1. The summed E-state index contributed by atoms with van der Waals surface area (Å²) in [6, 6.07) is 3.64. The molecule has 1 aromatic rings. The van der Waals surface area contributed by atoms with E-state index in [9.17, 15) is 4.79 Å². The minimum absolute atomic E-state index is 0.0146. The minimum Gasteiger partial charge on any atom is -0.357 e. The SMILES string of the molecule is O=C(NCCC1CCCCC1)c1ccc[nH]1. The van der Waals surface area contributed by atoms with Gasteiger partial charge in [0, 0.05) is 12.7 Å². The fourth-order valence-corrected chi connectivity index (χ4v) is 2.43. The van der Waals surface area contributed by atoms with Crippen molar-refractivity contribution in [2.75, 3.05) is 6.54 Å². The standard InChI is InChI=1S/C13H20N2O/c16-13(12-7-4-9-14-12)15-10-8-11-5-2-1-3-6-11/h4,7,9,11,14H,1-3,5-6,8,10H2,(H,15,16). The normalized spacial score (nSPS) is 17.2. The van der Waals surface area contributed by atoms with E-state index >= 15 is 0 Å². The summed E-state index contributed by atoms with van der Waals surface area (Å²) in [4.78, 5) is 14.5. The molecule has 0 unspecified atom stereocenters. The van der Waals surface area contributed by atoms with Crippen molar-refractivity contribution >= 4 is 5.91 Å². The molecule has 0 radical (unpaired) electrons.